The number of hydrogen-bond acceptors (Lipinski definition) is 6. The van der Waals surface area contributed by atoms with E-state index in [0.717, 1.165) is 35.2 Å². The van der Waals surface area contributed by atoms with Gasteiger partial charge in [0.1, 0.15) is 4.83 Å². The molecule has 2 heterocycles. The van der Waals surface area contributed by atoms with Crippen molar-refractivity contribution in [3.05, 3.63) is 68.2 Å². The van der Waals surface area contributed by atoms with Gasteiger partial charge in [-0.15, -0.1) is 11.3 Å². The number of carbonyl (C=O) groups excluding carboxylic acids is 1. The highest BCUT2D eigenvalue weighted by molar-refractivity contribution is 7.20. The third kappa shape index (κ3) is 5.59. The monoisotopic (exact) mass is 496 g/mol. The number of thiophene rings is 1. The summed E-state index contributed by atoms with van der Waals surface area (Å²) in [6, 6.07) is 8.96. The summed E-state index contributed by atoms with van der Waals surface area (Å²) in [4.78, 5) is 40.9. The van der Waals surface area contributed by atoms with Crippen LogP contribution in [0.1, 0.15) is 59.7 Å². The lowest BCUT2D eigenvalue weighted by molar-refractivity contribution is -0.384. The average molecular weight is 497 g/mol. The smallest absolute Gasteiger partial charge is 0.404 e. The van der Waals surface area contributed by atoms with Gasteiger partial charge in [-0.25, -0.2) is 9.78 Å². The zero-order chi connectivity index (χ0) is 25.3. The van der Waals surface area contributed by atoms with Gasteiger partial charge in [0.2, 0.25) is 0 Å². The van der Waals surface area contributed by atoms with Gasteiger partial charge < -0.3 is 15.7 Å². The van der Waals surface area contributed by atoms with E-state index in [-0.39, 0.29) is 23.6 Å². The zero-order valence-corrected chi connectivity index (χ0v) is 20.6. The standard InChI is InChI=1S/C25H28N4O5S/c1-25(2,3)17-7-8-19-15(10-17)9-16-12-21(35-23(16)28-19)22(30)27-20(13-26-24(31)32)14-5-4-6-18(11-14)29(33)34/h4-6,9,11-12,17,20,26H,7-8,10,13H2,1-3H3,(H,27,30)(H,31,32). The number of nitrogens with zero attached hydrogens (tertiary/aromatic N) is 2. The summed E-state index contributed by atoms with van der Waals surface area (Å²) in [6.07, 6.45) is 1.73. The van der Waals surface area contributed by atoms with E-state index < -0.39 is 17.1 Å². The van der Waals surface area contributed by atoms with Crippen molar-refractivity contribution in [3.8, 4) is 0 Å². The highest BCUT2D eigenvalue weighted by Crippen LogP contribution is 2.38. The molecule has 184 valence electrons. The van der Waals surface area contributed by atoms with Crippen molar-refractivity contribution in [1.29, 1.82) is 0 Å². The third-order valence-electron chi connectivity index (χ3n) is 6.57. The number of carboxylic acid groups (broad SMARTS) is 1. The molecule has 0 bridgehead atoms. The van der Waals surface area contributed by atoms with Crippen LogP contribution in [0.3, 0.4) is 0 Å². The van der Waals surface area contributed by atoms with Gasteiger partial charge in [-0.05, 0) is 53.9 Å². The van der Waals surface area contributed by atoms with Gasteiger partial charge in [-0.2, -0.15) is 0 Å². The highest BCUT2D eigenvalue weighted by atomic mass is 32.1. The second-order valence-electron chi connectivity index (χ2n) is 9.97. The van der Waals surface area contributed by atoms with Crippen LogP contribution in [0.15, 0.2) is 36.4 Å². The molecule has 0 spiro atoms. The molecule has 10 heteroatoms. The lowest BCUT2D eigenvalue weighted by atomic mass is 9.71. The molecule has 3 aromatic rings. The van der Waals surface area contributed by atoms with Gasteiger partial charge in [0.25, 0.3) is 11.6 Å². The van der Waals surface area contributed by atoms with Crippen molar-refractivity contribution < 1.29 is 19.6 Å². The molecule has 1 aliphatic carbocycles. The molecule has 1 aliphatic rings. The van der Waals surface area contributed by atoms with E-state index >= 15 is 0 Å². The van der Waals surface area contributed by atoms with Crippen LogP contribution >= 0.6 is 11.3 Å². The first-order valence-corrected chi connectivity index (χ1v) is 12.3. The largest absolute Gasteiger partial charge is 0.465 e. The lowest BCUT2D eigenvalue weighted by Gasteiger charge is -2.34. The van der Waals surface area contributed by atoms with Gasteiger partial charge in [0, 0.05) is 29.8 Å². The Morgan fingerprint density at radius 3 is 2.74 bits per heavy atom. The summed E-state index contributed by atoms with van der Waals surface area (Å²) >= 11 is 1.29. The van der Waals surface area contributed by atoms with Crippen LogP contribution in [0.25, 0.3) is 10.2 Å². The molecule has 2 atom stereocenters. The molecule has 2 amide bonds. The van der Waals surface area contributed by atoms with Crippen LogP contribution in [-0.2, 0) is 12.8 Å². The molecule has 0 fully saturated rings. The number of fused-ring (bicyclic) bond motifs is 2. The fourth-order valence-electron chi connectivity index (χ4n) is 4.50. The Morgan fingerprint density at radius 2 is 2.06 bits per heavy atom. The summed E-state index contributed by atoms with van der Waals surface area (Å²) in [5, 5.41) is 26.2. The molecule has 1 aromatic carbocycles. The van der Waals surface area contributed by atoms with E-state index in [1.165, 1.54) is 35.1 Å². The van der Waals surface area contributed by atoms with Crippen LogP contribution in [0.2, 0.25) is 0 Å². The Bertz CT molecular complexity index is 1300. The summed E-state index contributed by atoms with van der Waals surface area (Å²) in [5.74, 6) is 0.190. The minimum atomic E-state index is -1.25. The average Bonchev–Trinajstić information content (AvgIpc) is 3.22. The fraction of sp³-hybridized carbons (Fsp3) is 0.400. The molecular formula is C25H28N4O5S. The molecule has 2 unspecified atom stereocenters. The maximum absolute atomic E-state index is 13.1. The van der Waals surface area contributed by atoms with E-state index in [2.05, 4.69) is 37.5 Å². The minimum absolute atomic E-state index is 0.131. The molecule has 9 nitrogen and oxygen atoms in total. The number of hydrogen-bond donors (Lipinski definition) is 3. The molecule has 4 rings (SSSR count). The summed E-state index contributed by atoms with van der Waals surface area (Å²) in [7, 11) is 0. The van der Waals surface area contributed by atoms with Crippen molar-refractivity contribution in [2.24, 2.45) is 11.3 Å². The normalized spacial score (nSPS) is 16.4. The number of rotatable bonds is 6. The van der Waals surface area contributed by atoms with Crippen molar-refractivity contribution in [3.63, 3.8) is 0 Å². The number of pyridine rings is 1. The topological polar surface area (TPSA) is 134 Å². The van der Waals surface area contributed by atoms with Gasteiger partial charge in [0.15, 0.2) is 0 Å². The Hall–Kier alpha value is -3.53. The summed E-state index contributed by atoms with van der Waals surface area (Å²) in [5.41, 5.74) is 2.84. The minimum Gasteiger partial charge on any atom is -0.465 e. The maximum atomic E-state index is 13.1. The van der Waals surface area contributed by atoms with Crippen molar-refractivity contribution >= 4 is 39.2 Å². The Balaban J connectivity index is 1.58. The molecular weight excluding hydrogens is 468 g/mol. The van der Waals surface area contributed by atoms with E-state index in [0.29, 0.717) is 16.4 Å². The summed E-state index contributed by atoms with van der Waals surface area (Å²) < 4.78 is 0. The number of non-ortho nitro benzene ring substituents is 1. The third-order valence-corrected chi connectivity index (χ3v) is 7.61. The van der Waals surface area contributed by atoms with Crippen LogP contribution < -0.4 is 10.6 Å². The lowest BCUT2D eigenvalue weighted by Crippen LogP contribution is -2.37. The van der Waals surface area contributed by atoms with Gasteiger partial charge >= 0.3 is 6.09 Å². The quantitative estimate of drug-likeness (QED) is 0.321. The van der Waals surface area contributed by atoms with Crippen LogP contribution in [0, 0.1) is 21.4 Å². The molecule has 0 saturated carbocycles. The van der Waals surface area contributed by atoms with Gasteiger partial charge in [-0.3, -0.25) is 14.9 Å². The van der Waals surface area contributed by atoms with E-state index in [1.54, 1.807) is 12.1 Å². The molecule has 0 aliphatic heterocycles. The number of benzene rings is 1. The number of aryl methyl sites for hydroxylation is 1. The predicted molar refractivity (Wildman–Crippen MR) is 134 cm³/mol. The van der Waals surface area contributed by atoms with E-state index in [1.807, 2.05) is 0 Å². The van der Waals surface area contributed by atoms with E-state index in [4.69, 9.17) is 10.1 Å². The highest BCUT2D eigenvalue weighted by Gasteiger charge is 2.30. The van der Waals surface area contributed by atoms with Crippen LogP contribution in [0.5, 0.6) is 0 Å². The fourth-order valence-corrected chi connectivity index (χ4v) is 5.44. The number of nitrogens with one attached hydrogen (secondary N) is 2. The molecule has 2 aromatic heterocycles. The SMILES string of the molecule is CC(C)(C)C1CCc2nc3sc(C(=O)NC(CNC(=O)O)c4cccc([N+](=O)[O-])c4)cc3cc2C1. The predicted octanol–water partition coefficient (Wildman–Crippen LogP) is 5.09. The van der Waals surface area contributed by atoms with Crippen molar-refractivity contribution in [1.82, 2.24) is 15.6 Å². The number of nitro groups is 1. The van der Waals surface area contributed by atoms with E-state index in [9.17, 15) is 19.7 Å². The Labute approximate surface area is 206 Å². The van der Waals surface area contributed by atoms with Crippen molar-refractivity contribution in [2.45, 2.75) is 46.1 Å². The number of nitro benzene ring substituents is 1. The van der Waals surface area contributed by atoms with Crippen LogP contribution in [-0.4, -0.2) is 33.6 Å². The molecule has 0 radical (unpaired) electrons. The molecule has 0 saturated heterocycles. The second kappa shape index (κ2) is 9.61. The first kappa shape index (κ1) is 24.6. The van der Waals surface area contributed by atoms with Gasteiger partial charge in [0.05, 0.1) is 15.8 Å². The second-order valence-corrected chi connectivity index (χ2v) is 11.0. The summed E-state index contributed by atoms with van der Waals surface area (Å²) in [6.45, 7) is 6.66. The number of carbonyl (C=O) groups is 2. The zero-order valence-electron chi connectivity index (χ0n) is 19.8. The Kier molecular flexibility index (Phi) is 6.75. The number of aromatic nitrogens is 1. The first-order valence-electron chi connectivity index (χ1n) is 11.5. The molecule has 3 N–H and O–H groups in total. The number of amides is 2. The van der Waals surface area contributed by atoms with Crippen LogP contribution in [0.4, 0.5) is 10.5 Å². The first-order chi connectivity index (χ1) is 16.5. The van der Waals surface area contributed by atoms with Gasteiger partial charge in [-0.1, -0.05) is 32.9 Å². The van der Waals surface area contributed by atoms with Crippen molar-refractivity contribution in [2.75, 3.05) is 6.54 Å². The molecule has 35 heavy (non-hydrogen) atoms. The Morgan fingerprint density at radius 1 is 1.29 bits per heavy atom. The maximum Gasteiger partial charge on any atom is 0.404 e.